The smallest absolute Gasteiger partial charge is 0.387 e. The number of sulfone groups is 1. The molecule has 1 aromatic rings. The number of amides is 2. The first-order valence-electron chi connectivity index (χ1n) is 9.40. The summed E-state index contributed by atoms with van der Waals surface area (Å²) in [5, 5.41) is 13.4. The molecule has 2 amide bonds. The van der Waals surface area contributed by atoms with Crippen LogP contribution in [-0.2, 0) is 25.2 Å². The van der Waals surface area contributed by atoms with E-state index >= 15 is 0 Å². The van der Waals surface area contributed by atoms with Crippen molar-refractivity contribution < 1.29 is 31.5 Å². The fourth-order valence-electron chi connectivity index (χ4n) is 3.29. The van der Waals surface area contributed by atoms with Gasteiger partial charge in [0, 0.05) is 11.5 Å². The average Bonchev–Trinajstić information content (AvgIpc) is 3.21. The number of halogens is 2. The number of ether oxygens (including phenoxy) is 1. The predicted molar refractivity (Wildman–Crippen MR) is 103 cm³/mol. The Labute approximate surface area is 173 Å². The highest BCUT2D eigenvalue weighted by Crippen LogP contribution is 2.25. The molecule has 8 nitrogen and oxygen atoms in total. The number of rotatable bonds is 10. The summed E-state index contributed by atoms with van der Waals surface area (Å²) >= 11 is 0. The monoisotopic (exact) mass is 443 g/mol. The van der Waals surface area contributed by atoms with E-state index in [1.54, 1.807) is 6.07 Å². The van der Waals surface area contributed by atoms with Gasteiger partial charge in [-0.2, -0.15) is 14.0 Å². The first-order chi connectivity index (χ1) is 14.2. The van der Waals surface area contributed by atoms with E-state index in [0.29, 0.717) is 12.8 Å². The van der Waals surface area contributed by atoms with Gasteiger partial charge in [0.15, 0.2) is 9.84 Å². The molecule has 1 saturated carbocycles. The molecule has 11 heteroatoms. The van der Waals surface area contributed by atoms with Crippen LogP contribution in [0.4, 0.5) is 8.78 Å². The van der Waals surface area contributed by atoms with Gasteiger partial charge in [-0.25, -0.2) is 8.42 Å². The quantitative estimate of drug-likeness (QED) is 0.528. The summed E-state index contributed by atoms with van der Waals surface area (Å²) in [6.07, 6.45) is 3.07. The molecular formula is C19H23F2N3O5S. The van der Waals surface area contributed by atoms with Crippen LogP contribution in [0, 0.1) is 17.2 Å². The van der Waals surface area contributed by atoms with E-state index in [1.165, 1.54) is 24.3 Å². The zero-order valence-corrected chi connectivity index (χ0v) is 17.0. The lowest BCUT2D eigenvalue weighted by Gasteiger charge is -2.20. The number of carbonyl (C=O) groups excluding carboxylic acids is 2. The minimum Gasteiger partial charge on any atom is -0.435 e. The second kappa shape index (κ2) is 10.9. The summed E-state index contributed by atoms with van der Waals surface area (Å²) in [4.78, 5) is 24.7. The van der Waals surface area contributed by atoms with Crippen molar-refractivity contribution in [3.8, 4) is 11.8 Å². The summed E-state index contributed by atoms with van der Waals surface area (Å²) in [5.74, 6) is -3.19. The minimum atomic E-state index is -4.01. The Morgan fingerprint density at radius 3 is 2.53 bits per heavy atom. The van der Waals surface area contributed by atoms with Gasteiger partial charge in [-0.15, -0.1) is 0 Å². The van der Waals surface area contributed by atoms with E-state index < -0.39 is 45.8 Å². The summed E-state index contributed by atoms with van der Waals surface area (Å²) in [6, 6.07) is 5.75. The summed E-state index contributed by atoms with van der Waals surface area (Å²) in [5.41, 5.74) is 0.0103. The van der Waals surface area contributed by atoms with Crippen LogP contribution in [0.2, 0.25) is 0 Å². The van der Waals surface area contributed by atoms with Crippen molar-refractivity contribution in [3.05, 3.63) is 29.8 Å². The molecule has 164 valence electrons. The van der Waals surface area contributed by atoms with Gasteiger partial charge >= 0.3 is 6.61 Å². The van der Waals surface area contributed by atoms with Crippen LogP contribution in [-0.4, -0.2) is 45.2 Å². The van der Waals surface area contributed by atoms with Gasteiger partial charge in [0.2, 0.25) is 11.8 Å². The molecule has 2 N–H and O–H groups in total. The summed E-state index contributed by atoms with van der Waals surface area (Å²) in [6.45, 7) is -3.47. The maximum atomic E-state index is 12.7. The number of nitrogens with one attached hydrogen (secondary N) is 2. The number of alkyl halides is 2. The van der Waals surface area contributed by atoms with Crippen LogP contribution < -0.4 is 15.4 Å². The van der Waals surface area contributed by atoms with Gasteiger partial charge in [0.05, 0.1) is 17.6 Å². The van der Waals surface area contributed by atoms with Crippen molar-refractivity contribution in [2.75, 3.05) is 12.3 Å². The zero-order chi connectivity index (χ0) is 22.1. The number of carbonyl (C=O) groups is 2. The molecule has 2 rings (SSSR count). The molecule has 1 aliphatic carbocycles. The van der Waals surface area contributed by atoms with Crippen LogP contribution in [0.25, 0.3) is 0 Å². The molecule has 1 atom stereocenters. The number of nitriles is 1. The van der Waals surface area contributed by atoms with Crippen molar-refractivity contribution >= 4 is 21.7 Å². The number of nitrogens with zero attached hydrogens (tertiary/aromatic N) is 1. The molecule has 0 heterocycles. The minimum absolute atomic E-state index is 0.0103. The number of hydrogen-bond acceptors (Lipinski definition) is 6. The molecule has 0 radical (unpaired) electrons. The fourth-order valence-corrected chi connectivity index (χ4v) is 4.87. The Kier molecular flexibility index (Phi) is 8.53. The van der Waals surface area contributed by atoms with E-state index in [-0.39, 0.29) is 23.8 Å². The van der Waals surface area contributed by atoms with E-state index in [2.05, 4.69) is 15.4 Å². The molecule has 0 aliphatic heterocycles. The SMILES string of the molecule is N#CCNC(=O)[C@H](CS(=O)(=O)Cc1ccccc1OC(F)F)NC(=O)C1CCCC1. The zero-order valence-electron chi connectivity index (χ0n) is 16.1. The number of benzene rings is 1. The summed E-state index contributed by atoms with van der Waals surface area (Å²) < 4.78 is 54.8. The Bertz CT molecular complexity index is 896. The highest BCUT2D eigenvalue weighted by Gasteiger charge is 2.31. The van der Waals surface area contributed by atoms with Gasteiger partial charge in [-0.3, -0.25) is 9.59 Å². The van der Waals surface area contributed by atoms with Crippen molar-refractivity contribution in [1.29, 1.82) is 5.26 Å². The van der Waals surface area contributed by atoms with Gasteiger partial charge in [-0.05, 0) is 18.9 Å². The molecular weight excluding hydrogens is 420 g/mol. The molecule has 1 fully saturated rings. The van der Waals surface area contributed by atoms with Crippen LogP contribution >= 0.6 is 0 Å². The van der Waals surface area contributed by atoms with Crippen LogP contribution in [0.5, 0.6) is 5.75 Å². The standard InChI is InChI=1S/C19H23F2N3O5S/c20-19(21)29-16-8-4-3-7-14(16)11-30(27,28)12-15(18(26)23-10-9-22)24-17(25)13-5-1-2-6-13/h3-4,7-8,13,15,19H,1-2,5-6,10-12H2,(H,23,26)(H,24,25)/t15-/m0/s1. The van der Waals surface area contributed by atoms with Crippen molar-refractivity contribution in [2.24, 2.45) is 5.92 Å². The first-order valence-corrected chi connectivity index (χ1v) is 11.2. The van der Waals surface area contributed by atoms with E-state index in [1.807, 2.05) is 0 Å². The largest absolute Gasteiger partial charge is 0.435 e. The van der Waals surface area contributed by atoms with E-state index in [0.717, 1.165) is 12.8 Å². The Morgan fingerprint density at radius 1 is 1.23 bits per heavy atom. The lowest BCUT2D eigenvalue weighted by molar-refractivity contribution is -0.130. The van der Waals surface area contributed by atoms with Crippen LogP contribution in [0.15, 0.2) is 24.3 Å². The lowest BCUT2D eigenvalue weighted by Crippen LogP contribution is -2.51. The Morgan fingerprint density at radius 2 is 1.90 bits per heavy atom. The Balaban J connectivity index is 2.15. The average molecular weight is 443 g/mol. The first kappa shape index (κ1) is 23.5. The highest BCUT2D eigenvalue weighted by atomic mass is 32.2. The van der Waals surface area contributed by atoms with Crippen molar-refractivity contribution in [1.82, 2.24) is 10.6 Å². The molecule has 1 aromatic carbocycles. The van der Waals surface area contributed by atoms with Crippen LogP contribution in [0.3, 0.4) is 0 Å². The third kappa shape index (κ3) is 7.26. The van der Waals surface area contributed by atoms with Gasteiger partial charge in [0.25, 0.3) is 0 Å². The molecule has 0 saturated heterocycles. The summed E-state index contributed by atoms with van der Waals surface area (Å²) in [7, 11) is -4.01. The maximum Gasteiger partial charge on any atom is 0.387 e. The van der Waals surface area contributed by atoms with Crippen molar-refractivity contribution in [3.63, 3.8) is 0 Å². The maximum absolute atomic E-state index is 12.7. The van der Waals surface area contributed by atoms with Crippen molar-refractivity contribution in [2.45, 2.75) is 44.1 Å². The molecule has 0 spiro atoms. The predicted octanol–water partition coefficient (Wildman–Crippen LogP) is 1.52. The number of para-hydroxylation sites is 1. The van der Waals surface area contributed by atoms with Gasteiger partial charge in [0.1, 0.15) is 18.3 Å². The van der Waals surface area contributed by atoms with Gasteiger partial charge in [-0.1, -0.05) is 31.0 Å². The highest BCUT2D eigenvalue weighted by molar-refractivity contribution is 7.90. The second-order valence-corrected chi connectivity index (χ2v) is 9.07. The second-order valence-electron chi connectivity index (χ2n) is 6.96. The Hall–Kier alpha value is -2.74. The molecule has 1 aliphatic rings. The normalized spacial score (nSPS) is 15.4. The molecule has 0 unspecified atom stereocenters. The third-order valence-electron chi connectivity index (χ3n) is 4.69. The topological polar surface area (TPSA) is 125 Å². The van der Waals surface area contributed by atoms with E-state index in [9.17, 15) is 26.8 Å². The van der Waals surface area contributed by atoms with Crippen LogP contribution in [0.1, 0.15) is 31.2 Å². The fraction of sp³-hybridized carbons (Fsp3) is 0.526. The molecule has 0 aromatic heterocycles. The lowest BCUT2D eigenvalue weighted by atomic mass is 10.1. The van der Waals surface area contributed by atoms with Gasteiger partial charge < -0.3 is 15.4 Å². The third-order valence-corrected chi connectivity index (χ3v) is 6.28. The number of hydrogen-bond donors (Lipinski definition) is 2. The molecule has 0 bridgehead atoms. The van der Waals surface area contributed by atoms with E-state index in [4.69, 9.17) is 5.26 Å². The molecule has 30 heavy (non-hydrogen) atoms.